The molecule has 6 nitrogen and oxygen atoms in total. The van der Waals surface area contributed by atoms with E-state index in [2.05, 4.69) is 9.88 Å². The lowest BCUT2D eigenvalue weighted by atomic mass is 9.95. The summed E-state index contributed by atoms with van der Waals surface area (Å²) in [6, 6.07) is 15.5. The second-order valence-corrected chi connectivity index (χ2v) is 10.2. The van der Waals surface area contributed by atoms with Gasteiger partial charge in [0.2, 0.25) is 6.79 Å². The van der Waals surface area contributed by atoms with Crippen molar-refractivity contribution < 1.29 is 17.9 Å². The van der Waals surface area contributed by atoms with E-state index in [9.17, 15) is 8.42 Å². The van der Waals surface area contributed by atoms with Gasteiger partial charge in [0.15, 0.2) is 21.3 Å². The summed E-state index contributed by atoms with van der Waals surface area (Å²) in [6.07, 6.45) is 3.55. The first-order chi connectivity index (χ1) is 14.6. The predicted molar refractivity (Wildman–Crippen MR) is 111 cm³/mol. The van der Waals surface area contributed by atoms with Crippen LogP contribution in [0.1, 0.15) is 17.0 Å². The maximum atomic E-state index is 13.2. The first-order valence-corrected chi connectivity index (χ1v) is 11.5. The summed E-state index contributed by atoms with van der Waals surface area (Å²) in [5.41, 5.74) is 4.04. The van der Waals surface area contributed by atoms with Gasteiger partial charge in [-0.25, -0.2) is 8.42 Å². The summed E-state index contributed by atoms with van der Waals surface area (Å²) in [7, 11) is -3.32. The van der Waals surface area contributed by atoms with E-state index >= 15 is 0 Å². The van der Waals surface area contributed by atoms with Crippen LogP contribution in [0.25, 0.3) is 11.1 Å². The van der Waals surface area contributed by atoms with E-state index in [-0.39, 0.29) is 18.0 Å². The zero-order valence-corrected chi connectivity index (χ0v) is 17.0. The number of hydrogen-bond donors (Lipinski definition) is 0. The van der Waals surface area contributed by atoms with Gasteiger partial charge >= 0.3 is 0 Å². The Kier molecular flexibility index (Phi) is 3.91. The van der Waals surface area contributed by atoms with Crippen LogP contribution in [-0.2, 0) is 16.4 Å². The van der Waals surface area contributed by atoms with Gasteiger partial charge in [-0.1, -0.05) is 18.2 Å². The molecule has 2 atom stereocenters. The van der Waals surface area contributed by atoms with Gasteiger partial charge in [-0.15, -0.1) is 0 Å². The maximum absolute atomic E-state index is 13.2. The fraction of sp³-hybridized carbons (Fsp3) is 0.261. The third-order valence-corrected chi connectivity index (χ3v) is 8.55. The third-order valence-electron chi connectivity index (χ3n) is 6.29. The van der Waals surface area contributed by atoms with Crippen molar-refractivity contribution in [1.82, 2.24) is 9.88 Å². The number of sulfone groups is 1. The van der Waals surface area contributed by atoms with Gasteiger partial charge in [-0.05, 0) is 52.6 Å². The molecule has 3 aliphatic heterocycles. The van der Waals surface area contributed by atoms with Gasteiger partial charge in [0.05, 0.1) is 10.1 Å². The van der Waals surface area contributed by atoms with Crippen molar-refractivity contribution in [2.45, 2.75) is 22.6 Å². The van der Waals surface area contributed by atoms with E-state index in [1.165, 1.54) is 0 Å². The molecule has 7 heteroatoms. The van der Waals surface area contributed by atoms with Crippen molar-refractivity contribution in [1.29, 1.82) is 0 Å². The number of rotatable bonds is 3. The monoisotopic (exact) mass is 420 g/mol. The molecule has 6 rings (SSSR count). The van der Waals surface area contributed by atoms with Crippen LogP contribution in [0.5, 0.6) is 11.5 Å². The van der Waals surface area contributed by atoms with Gasteiger partial charge in [-0.3, -0.25) is 9.88 Å². The first kappa shape index (κ1) is 17.9. The van der Waals surface area contributed by atoms with Crippen LogP contribution in [-0.4, -0.2) is 43.4 Å². The van der Waals surface area contributed by atoms with Gasteiger partial charge in [0, 0.05) is 37.9 Å². The highest BCUT2D eigenvalue weighted by Crippen LogP contribution is 2.46. The average molecular weight is 420 g/mol. The lowest BCUT2D eigenvalue weighted by molar-refractivity contribution is 0.174. The molecule has 152 valence electrons. The fourth-order valence-electron chi connectivity index (χ4n) is 4.87. The van der Waals surface area contributed by atoms with Crippen LogP contribution in [0.4, 0.5) is 0 Å². The zero-order chi connectivity index (χ0) is 20.3. The lowest BCUT2D eigenvalue weighted by Gasteiger charge is -2.18. The smallest absolute Gasteiger partial charge is 0.231 e. The molecule has 4 heterocycles. The first-order valence-electron chi connectivity index (χ1n) is 9.99. The minimum atomic E-state index is -3.32. The van der Waals surface area contributed by atoms with Gasteiger partial charge in [0.25, 0.3) is 0 Å². The second kappa shape index (κ2) is 6.55. The Balaban J connectivity index is 1.30. The Labute approximate surface area is 175 Å². The topological polar surface area (TPSA) is 68.7 Å². The average Bonchev–Trinajstić information content (AvgIpc) is 3.45. The van der Waals surface area contributed by atoms with E-state index in [1.807, 2.05) is 48.7 Å². The number of nitrogens with zero attached hydrogens (tertiary/aromatic N) is 2. The molecule has 1 saturated heterocycles. The minimum Gasteiger partial charge on any atom is -0.454 e. The molecule has 3 aliphatic rings. The standard InChI is InChI=1S/C23H20N2O4S/c26-30(27)22-6-4-16(17-2-1-7-24-10-17)9-18(22)19-12-25(13-23(19)30)11-15-3-5-20-21(8-15)29-14-28-20/h1-10,19,23H,11-14H2. The van der Waals surface area contributed by atoms with E-state index in [0.29, 0.717) is 18.0 Å². The Morgan fingerprint density at radius 2 is 1.90 bits per heavy atom. The van der Waals surface area contributed by atoms with E-state index < -0.39 is 9.84 Å². The van der Waals surface area contributed by atoms with Crippen molar-refractivity contribution in [3.8, 4) is 22.6 Å². The summed E-state index contributed by atoms with van der Waals surface area (Å²) in [4.78, 5) is 6.91. The Bertz CT molecular complexity index is 1240. The molecule has 2 unspecified atom stereocenters. The van der Waals surface area contributed by atoms with Crippen molar-refractivity contribution in [2.75, 3.05) is 19.9 Å². The molecule has 2 aromatic carbocycles. The van der Waals surface area contributed by atoms with Crippen LogP contribution in [0.2, 0.25) is 0 Å². The molecule has 0 aliphatic carbocycles. The fourth-order valence-corrected chi connectivity index (χ4v) is 7.06. The molecule has 0 radical (unpaired) electrons. The van der Waals surface area contributed by atoms with Crippen LogP contribution in [0, 0.1) is 0 Å². The van der Waals surface area contributed by atoms with Crippen molar-refractivity contribution in [2.24, 2.45) is 0 Å². The molecule has 30 heavy (non-hydrogen) atoms. The highest BCUT2D eigenvalue weighted by molar-refractivity contribution is 7.92. The Morgan fingerprint density at radius 1 is 1.00 bits per heavy atom. The highest BCUT2D eigenvalue weighted by Gasteiger charge is 2.50. The predicted octanol–water partition coefficient (Wildman–Crippen LogP) is 3.23. The van der Waals surface area contributed by atoms with Gasteiger partial charge in [0.1, 0.15) is 0 Å². The third kappa shape index (κ3) is 2.73. The molecule has 0 saturated carbocycles. The molecule has 1 fully saturated rings. The van der Waals surface area contributed by atoms with Crippen molar-refractivity contribution in [3.63, 3.8) is 0 Å². The number of benzene rings is 2. The zero-order valence-electron chi connectivity index (χ0n) is 16.2. The molecular formula is C23H20N2O4S. The summed E-state index contributed by atoms with van der Waals surface area (Å²) in [5, 5.41) is -0.384. The van der Waals surface area contributed by atoms with Crippen molar-refractivity contribution in [3.05, 3.63) is 72.1 Å². The second-order valence-electron chi connectivity index (χ2n) is 8.07. The number of ether oxygens (including phenoxy) is 2. The summed E-state index contributed by atoms with van der Waals surface area (Å²) >= 11 is 0. The van der Waals surface area contributed by atoms with Crippen LogP contribution < -0.4 is 9.47 Å². The SMILES string of the molecule is O=S1(=O)c2ccc(-c3cccnc3)cc2C2CN(Cc3ccc4c(c3)OCO4)CC21. The Morgan fingerprint density at radius 3 is 2.77 bits per heavy atom. The van der Waals surface area contributed by atoms with Crippen LogP contribution >= 0.6 is 0 Å². The summed E-state index contributed by atoms with van der Waals surface area (Å²) < 4.78 is 37.2. The van der Waals surface area contributed by atoms with Gasteiger partial charge < -0.3 is 9.47 Å². The number of aromatic nitrogens is 1. The molecule has 3 aromatic rings. The maximum Gasteiger partial charge on any atom is 0.231 e. The largest absolute Gasteiger partial charge is 0.454 e. The minimum absolute atomic E-state index is 0.00404. The number of fused-ring (bicyclic) bond motifs is 4. The van der Waals surface area contributed by atoms with E-state index in [1.54, 1.807) is 12.3 Å². The molecule has 0 amide bonds. The quantitative estimate of drug-likeness (QED) is 0.648. The normalized spacial score (nSPS) is 23.3. The number of pyridine rings is 1. The van der Waals surface area contributed by atoms with E-state index in [4.69, 9.17) is 9.47 Å². The van der Waals surface area contributed by atoms with Crippen molar-refractivity contribution >= 4 is 9.84 Å². The highest BCUT2D eigenvalue weighted by atomic mass is 32.2. The lowest BCUT2D eigenvalue weighted by Crippen LogP contribution is -2.25. The van der Waals surface area contributed by atoms with Gasteiger partial charge in [-0.2, -0.15) is 0 Å². The molecule has 0 spiro atoms. The molecule has 1 aromatic heterocycles. The molecule has 0 bridgehead atoms. The van der Waals surface area contributed by atoms with E-state index in [0.717, 1.165) is 40.3 Å². The Hall–Kier alpha value is -2.90. The van der Waals surface area contributed by atoms with Crippen LogP contribution in [0.3, 0.4) is 0 Å². The summed E-state index contributed by atoms with van der Waals surface area (Å²) in [6.45, 7) is 2.21. The van der Waals surface area contributed by atoms with Crippen LogP contribution in [0.15, 0.2) is 65.8 Å². The molecule has 0 N–H and O–H groups in total. The number of likely N-dealkylation sites (tertiary alicyclic amines) is 1. The summed E-state index contributed by atoms with van der Waals surface area (Å²) in [5.74, 6) is 1.51. The number of hydrogen-bond acceptors (Lipinski definition) is 6. The molecular weight excluding hydrogens is 400 g/mol.